The van der Waals surface area contributed by atoms with E-state index in [0.717, 1.165) is 27.8 Å². The van der Waals surface area contributed by atoms with E-state index < -0.39 is 17.1 Å². The number of nitrogens with zero attached hydrogens (tertiary/aromatic N) is 1. The van der Waals surface area contributed by atoms with Crippen molar-refractivity contribution in [2.75, 3.05) is 11.9 Å². The molecule has 1 fully saturated rings. The maximum atomic E-state index is 12.4. The van der Waals surface area contributed by atoms with Gasteiger partial charge in [-0.25, -0.2) is 0 Å². The van der Waals surface area contributed by atoms with Gasteiger partial charge in [0.15, 0.2) is 0 Å². The average Bonchev–Trinajstić information content (AvgIpc) is 2.92. The third-order valence-corrected chi connectivity index (χ3v) is 4.77. The summed E-state index contributed by atoms with van der Waals surface area (Å²) in [7, 11) is 0. The molecule has 1 heterocycles. The molecule has 0 aromatic heterocycles. The lowest BCUT2D eigenvalue weighted by Crippen LogP contribution is -2.36. The summed E-state index contributed by atoms with van der Waals surface area (Å²) >= 11 is 0.834. The largest absolute Gasteiger partial charge is 0.325 e. The van der Waals surface area contributed by atoms with Crippen LogP contribution in [0.2, 0.25) is 0 Å². The van der Waals surface area contributed by atoms with E-state index in [1.165, 1.54) is 0 Å². The van der Waals surface area contributed by atoms with Gasteiger partial charge in [-0.1, -0.05) is 60.2 Å². The van der Waals surface area contributed by atoms with Gasteiger partial charge in [0.1, 0.15) is 6.54 Å². The Kier molecular flexibility index (Phi) is 5.88. The van der Waals surface area contributed by atoms with Crippen LogP contribution in [0.15, 0.2) is 71.7 Å². The fraction of sp³-hybridized carbons (Fsp3) is 0.0952. The molecule has 0 atom stereocenters. The van der Waals surface area contributed by atoms with Gasteiger partial charge in [0.2, 0.25) is 5.91 Å². The number of hydrogen-bond donors (Lipinski definition) is 1. The molecule has 0 unspecified atom stereocenters. The first-order valence-electron chi connectivity index (χ1n) is 8.36. The van der Waals surface area contributed by atoms with Gasteiger partial charge in [0.25, 0.3) is 11.1 Å². The highest BCUT2D eigenvalue weighted by molar-refractivity contribution is 8.18. The Morgan fingerprint density at radius 3 is 2.48 bits per heavy atom. The van der Waals surface area contributed by atoms with E-state index in [1.807, 2.05) is 55.5 Å². The molecule has 0 spiro atoms. The quantitative estimate of drug-likeness (QED) is 0.791. The van der Waals surface area contributed by atoms with E-state index in [9.17, 15) is 14.4 Å². The Labute approximate surface area is 161 Å². The molecule has 2 aromatic rings. The summed E-state index contributed by atoms with van der Waals surface area (Å²) in [4.78, 5) is 37.9. The number of hydrogen-bond acceptors (Lipinski definition) is 4. The molecule has 1 N–H and O–H groups in total. The zero-order chi connectivity index (χ0) is 19.2. The molecule has 27 heavy (non-hydrogen) atoms. The number of carbonyl (C=O) groups excluding carboxylic acids is 3. The standard InChI is InChI=1S/C21H18N2O3S/c1-15-10-12-17(13-11-15)22-19(24)14-23-20(25)18(27-21(23)26)9-5-8-16-6-3-2-4-7-16/h2-13H,14H2,1H3,(H,22,24)/b8-5+,18-9-. The van der Waals surface area contributed by atoms with Crippen molar-refractivity contribution in [3.05, 3.63) is 82.8 Å². The normalized spacial score (nSPS) is 15.7. The van der Waals surface area contributed by atoms with Crippen molar-refractivity contribution in [3.63, 3.8) is 0 Å². The Bertz CT molecular complexity index is 918. The zero-order valence-corrected chi connectivity index (χ0v) is 15.5. The van der Waals surface area contributed by atoms with Crippen LogP contribution in [-0.4, -0.2) is 28.5 Å². The molecule has 0 aliphatic carbocycles. The number of rotatable bonds is 5. The summed E-state index contributed by atoms with van der Waals surface area (Å²) in [5, 5.41) is 2.24. The third-order valence-electron chi connectivity index (χ3n) is 3.85. The van der Waals surface area contributed by atoms with E-state index in [4.69, 9.17) is 0 Å². The number of thioether (sulfide) groups is 1. The minimum absolute atomic E-state index is 0.301. The van der Waals surface area contributed by atoms with Crippen molar-refractivity contribution >= 4 is 40.6 Å². The van der Waals surface area contributed by atoms with Crippen LogP contribution >= 0.6 is 11.8 Å². The second kappa shape index (κ2) is 8.51. The number of imide groups is 1. The molecule has 3 rings (SSSR count). The van der Waals surface area contributed by atoms with Crippen LogP contribution in [0.1, 0.15) is 11.1 Å². The molecular formula is C21H18N2O3S. The van der Waals surface area contributed by atoms with Crippen LogP contribution in [0.5, 0.6) is 0 Å². The van der Waals surface area contributed by atoms with Crippen LogP contribution in [0, 0.1) is 6.92 Å². The third kappa shape index (κ3) is 4.95. The van der Waals surface area contributed by atoms with Crippen LogP contribution in [0.4, 0.5) is 10.5 Å². The number of benzene rings is 2. The number of carbonyl (C=O) groups is 3. The minimum atomic E-state index is -0.457. The van der Waals surface area contributed by atoms with Crippen molar-refractivity contribution in [1.29, 1.82) is 0 Å². The fourth-order valence-electron chi connectivity index (χ4n) is 2.44. The maximum Gasteiger partial charge on any atom is 0.294 e. The summed E-state index contributed by atoms with van der Waals surface area (Å²) in [6.07, 6.45) is 5.16. The molecule has 1 aliphatic heterocycles. The summed E-state index contributed by atoms with van der Waals surface area (Å²) in [6, 6.07) is 16.9. The SMILES string of the molecule is Cc1ccc(NC(=O)CN2C(=O)S/C(=C\C=C\c3ccccc3)C2=O)cc1. The summed E-state index contributed by atoms with van der Waals surface area (Å²) < 4.78 is 0. The number of anilines is 1. The van der Waals surface area contributed by atoms with E-state index in [2.05, 4.69) is 5.32 Å². The smallest absolute Gasteiger partial charge is 0.294 e. The van der Waals surface area contributed by atoms with Gasteiger partial charge < -0.3 is 5.32 Å². The van der Waals surface area contributed by atoms with Crippen LogP contribution < -0.4 is 5.32 Å². The predicted molar refractivity (Wildman–Crippen MR) is 108 cm³/mol. The zero-order valence-electron chi connectivity index (χ0n) is 14.7. The van der Waals surface area contributed by atoms with Gasteiger partial charge in [-0.3, -0.25) is 19.3 Å². The molecule has 1 aliphatic rings. The van der Waals surface area contributed by atoms with Crippen LogP contribution in [0.25, 0.3) is 6.08 Å². The second-order valence-electron chi connectivity index (χ2n) is 5.97. The maximum absolute atomic E-state index is 12.4. The van der Waals surface area contributed by atoms with Crippen molar-refractivity contribution in [2.45, 2.75) is 6.92 Å². The fourth-order valence-corrected chi connectivity index (χ4v) is 3.23. The first-order valence-corrected chi connectivity index (χ1v) is 9.18. The summed E-state index contributed by atoms with van der Waals surface area (Å²) in [5.41, 5.74) is 2.69. The van der Waals surface area contributed by atoms with E-state index in [0.29, 0.717) is 10.6 Å². The number of nitrogens with one attached hydrogen (secondary N) is 1. The molecule has 6 heteroatoms. The van der Waals surface area contributed by atoms with Crippen LogP contribution in [-0.2, 0) is 9.59 Å². The van der Waals surface area contributed by atoms with Gasteiger partial charge in [0.05, 0.1) is 4.91 Å². The summed E-state index contributed by atoms with van der Waals surface area (Å²) in [5.74, 6) is -0.871. The lowest BCUT2D eigenvalue weighted by Gasteiger charge is -2.12. The van der Waals surface area contributed by atoms with Gasteiger partial charge >= 0.3 is 0 Å². The highest BCUT2D eigenvalue weighted by Crippen LogP contribution is 2.30. The highest BCUT2D eigenvalue weighted by Gasteiger charge is 2.35. The van der Waals surface area contributed by atoms with Crippen molar-refractivity contribution < 1.29 is 14.4 Å². The summed E-state index contributed by atoms with van der Waals surface area (Å²) in [6.45, 7) is 1.64. The van der Waals surface area contributed by atoms with Crippen LogP contribution in [0.3, 0.4) is 0 Å². The van der Waals surface area contributed by atoms with Gasteiger partial charge in [-0.05, 0) is 42.5 Å². The first-order chi connectivity index (χ1) is 13.0. The Morgan fingerprint density at radius 1 is 1.07 bits per heavy atom. The average molecular weight is 378 g/mol. The Morgan fingerprint density at radius 2 is 1.78 bits per heavy atom. The van der Waals surface area contributed by atoms with Crippen molar-refractivity contribution in [2.24, 2.45) is 0 Å². The molecule has 0 bridgehead atoms. The lowest BCUT2D eigenvalue weighted by atomic mass is 10.2. The first kappa shape index (κ1) is 18.7. The highest BCUT2D eigenvalue weighted by atomic mass is 32.2. The molecule has 1 saturated heterocycles. The number of aryl methyl sites for hydroxylation is 1. The molecule has 3 amide bonds. The molecule has 5 nitrogen and oxygen atoms in total. The van der Waals surface area contributed by atoms with E-state index in [-0.39, 0.29) is 6.54 Å². The molecule has 136 valence electrons. The molecule has 0 radical (unpaired) electrons. The molecule has 2 aromatic carbocycles. The van der Waals surface area contributed by atoms with Gasteiger partial charge in [-0.15, -0.1) is 0 Å². The predicted octanol–water partition coefficient (Wildman–Crippen LogP) is 4.23. The molecule has 0 saturated carbocycles. The number of allylic oxidation sites excluding steroid dienone is 2. The van der Waals surface area contributed by atoms with Crippen molar-refractivity contribution in [1.82, 2.24) is 4.90 Å². The monoisotopic (exact) mass is 378 g/mol. The topological polar surface area (TPSA) is 66.5 Å². The van der Waals surface area contributed by atoms with E-state index >= 15 is 0 Å². The van der Waals surface area contributed by atoms with Gasteiger partial charge in [0, 0.05) is 5.69 Å². The Balaban J connectivity index is 1.61. The van der Waals surface area contributed by atoms with Gasteiger partial charge in [-0.2, -0.15) is 0 Å². The van der Waals surface area contributed by atoms with Crippen molar-refractivity contribution in [3.8, 4) is 0 Å². The van der Waals surface area contributed by atoms with E-state index in [1.54, 1.807) is 24.3 Å². The number of amides is 3. The lowest BCUT2D eigenvalue weighted by molar-refractivity contribution is -0.127. The minimum Gasteiger partial charge on any atom is -0.325 e. The Hall–Kier alpha value is -3.12. The second-order valence-corrected chi connectivity index (χ2v) is 6.97. The molecular weight excluding hydrogens is 360 g/mol.